The molecule has 0 aromatic carbocycles. The Kier molecular flexibility index (Phi) is 4.52. The van der Waals surface area contributed by atoms with E-state index in [9.17, 15) is 9.59 Å². The van der Waals surface area contributed by atoms with E-state index in [4.69, 9.17) is 5.11 Å². The Morgan fingerprint density at radius 1 is 1.58 bits per heavy atom. The average molecular weight is 299 g/mol. The van der Waals surface area contributed by atoms with Crippen LogP contribution >= 0.6 is 23.1 Å². The first-order valence-electron chi connectivity index (χ1n) is 6.16. The molecule has 1 aromatic heterocycles. The van der Waals surface area contributed by atoms with Crippen LogP contribution in [-0.2, 0) is 16.0 Å². The van der Waals surface area contributed by atoms with Gasteiger partial charge in [-0.2, -0.15) is 0 Å². The minimum atomic E-state index is -0.868. The van der Waals surface area contributed by atoms with Crippen molar-refractivity contribution in [3.8, 4) is 0 Å². The summed E-state index contributed by atoms with van der Waals surface area (Å²) < 4.78 is 0. The van der Waals surface area contributed by atoms with Crippen LogP contribution in [0.15, 0.2) is 11.4 Å². The number of amides is 1. The first-order chi connectivity index (χ1) is 9.00. The van der Waals surface area contributed by atoms with Gasteiger partial charge in [0.05, 0.1) is 5.92 Å². The fourth-order valence-corrected chi connectivity index (χ4v) is 4.54. The number of nitrogens with zero attached hydrogens (tertiary/aromatic N) is 1. The Morgan fingerprint density at radius 3 is 3.00 bits per heavy atom. The molecule has 2 rings (SSSR count). The van der Waals surface area contributed by atoms with E-state index in [2.05, 4.69) is 0 Å². The normalized spacial score (nSPS) is 19.6. The van der Waals surface area contributed by atoms with Gasteiger partial charge in [-0.3, -0.25) is 9.59 Å². The van der Waals surface area contributed by atoms with Crippen molar-refractivity contribution in [3.05, 3.63) is 21.9 Å². The number of thioether (sulfide) groups is 1. The van der Waals surface area contributed by atoms with Gasteiger partial charge in [-0.15, -0.1) is 23.1 Å². The Bertz CT molecular complexity index is 486. The van der Waals surface area contributed by atoms with Crippen LogP contribution in [0.5, 0.6) is 0 Å². The van der Waals surface area contributed by atoms with Crippen LogP contribution in [0.2, 0.25) is 0 Å². The number of carboxylic acids is 1. The van der Waals surface area contributed by atoms with Crippen LogP contribution in [0.3, 0.4) is 0 Å². The van der Waals surface area contributed by atoms with Gasteiger partial charge in [0.15, 0.2) is 0 Å². The summed E-state index contributed by atoms with van der Waals surface area (Å²) >= 11 is 3.35. The molecule has 0 unspecified atom stereocenters. The van der Waals surface area contributed by atoms with E-state index in [1.807, 2.05) is 11.4 Å². The molecule has 19 heavy (non-hydrogen) atoms. The predicted molar refractivity (Wildman–Crippen MR) is 77.7 cm³/mol. The zero-order valence-corrected chi connectivity index (χ0v) is 12.6. The highest BCUT2D eigenvalue weighted by Gasteiger charge is 2.31. The first-order valence-corrected chi connectivity index (χ1v) is 8.09. The summed E-state index contributed by atoms with van der Waals surface area (Å²) in [4.78, 5) is 26.1. The number of carboxylic acid groups (broad SMARTS) is 1. The standard InChI is InChI=1S/C13H17NO3S2/c1-8(13(16)17)7-14(2)12(15)11-9-3-5-18-10(9)4-6-19-11/h3,5,8,11H,4,6-7H2,1-2H3,(H,16,17)/t8-,11-/m1/s1. The molecule has 104 valence electrons. The summed E-state index contributed by atoms with van der Waals surface area (Å²) in [5.74, 6) is -0.444. The van der Waals surface area contributed by atoms with E-state index in [0.29, 0.717) is 0 Å². The summed E-state index contributed by atoms with van der Waals surface area (Å²) in [6.45, 7) is 1.88. The second-order valence-corrected chi connectivity index (χ2v) is 6.97. The van der Waals surface area contributed by atoms with E-state index in [1.54, 1.807) is 42.0 Å². The molecule has 0 radical (unpaired) electrons. The molecule has 0 saturated carbocycles. The van der Waals surface area contributed by atoms with Gasteiger partial charge in [-0.25, -0.2) is 0 Å². The molecule has 0 saturated heterocycles. The third-order valence-electron chi connectivity index (χ3n) is 3.25. The maximum absolute atomic E-state index is 12.4. The van der Waals surface area contributed by atoms with Gasteiger partial charge < -0.3 is 10.0 Å². The highest BCUT2D eigenvalue weighted by atomic mass is 32.2. The SMILES string of the molecule is C[C@H](CN(C)C(=O)[C@@H]1SCCc2sccc21)C(=O)O. The lowest BCUT2D eigenvalue weighted by Gasteiger charge is -2.27. The van der Waals surface area contributed by atoms with E-state index in [-0.39, 0.29) is 17.7 Å². The molecule has 2 heterocycles. The second kappa shape index (κ2) is 5.96. The number of likely N-dealkylation sites (N-methyl/N-ethyl adjacent to an activating group) is 1. The van der Waals surface area contributed by atoms with Crippen molar-refractivity contribution in [2.24, 2.45) is 5.92 Å². The number of hydrogen-bond donors (Lipinski definition) is 1. The average Bonchev–Trinajstić information content (AvgIpc) is 2.85. The zero-order valence-electron chi connectivity index (χ0n) is 11.0. The fraction of sp³-hybridized carbons (Fsp3) is 0.538. The molecule has 0 bridgehead atoms. The Labute approximate surface area is 120 Å². The minimum Gasteiger partial charge on any atom is -0.481 e. The number of rotatable bonds is 4. The van der Waals surface area contributed by atoms with E-state index < -0.39 is 11.9 Å². The van der Waals surface area contributed by atoms with Crippen LogP contribution in [0.4, 0.5) is 0 Å². The predicted octanol–water partition coefficient (Wildman–Crippen LogP) is 2.26. The molecule has 1 aromatic rings. The molecule has 2 atom stereocenters. The number of carbonyl (C=O) groups excluding carboxylic acids is 1. The number of hydrogen-bond acceptors (Lipinski definition) is 4. The molecule has 0 aliphatic carbocycles. The Morgan fingerprint density at radius 2 is 2.32 bits per heavy atom. The van der Waals surface area contributed by atoms with Gasteiger partial charge in [0.25, 0.3) is 0 Å². The maximum atomic E-state index is 12.4. The van der Waals surface area contributed by atoms with Crippen molar-refractivity contribution in [1.29, 1.82) is 0 Å². The number of aliphatic carboxylic acids is 1. The molecule has 1 N–H and O–H groups in total. The summed E-state index contributed by atoms with van der Waals surface area (Å²) in [7, 11) is 1.68. The lowest BCUT2D eigenvalue weighted by Crippen LogP contribution is -2.36. The third-order valence-corrected chi connectivity index (χ3v) is 5.47. The summed E-state index contributed by atoms with van der Waals surface area (Å²) in [5, 5.41) is 10.8. The second-order valence-electron chi connectivity index (χ2n) is 4.76. The first kappa shape index (κ1) is 14.4. The largest absolute Gasteiger partial charge is 0.481 e. The number of thiophene rings is 1. The van der Waals surface area contributed by atoms with Crippen LogP contribution in [0.1, 0.15) is 22.6 Å². The number of aryl methyl sites for hydroxylation is 1. The fourth-order valence-electron chi connectivity index (χ4n) is 2.13. The molecule has 6 heteroatoms. The van der Waals surface area contributed by atoms with E-state index >= 15 is 0 Å². The summed E-state index contributed by atoms with van der Waals surface area (Å²) in [6, 6.07) is 2.02. The van der Waals surface area contributed by atoms with Crippen molar-refractivity contribution >= 4 is 35.0 Å². The maximum Gasteiger partial charge on any atom is 0.308 e. The van der Waals surface area contributed by atoms with Crippen LogP contribution in [0.25, 0.3) is 0 Å². The topological polar surface area (TPSA) is 57.6 Å². The van der Waals surface area contributed by atoms with Crippen LogP contribution in [0, 0.1) is 5.92 Å². The van der Waals surface area contributed by atoms with Gasteiger partial charge in [0.2, 0.25) is 5.91 Å². The molecule has 4 nitrogen and oxygen atoms in total. The minimum absolute atomic E-state index is 0.0115. The lowest BCUT2D eigenvalue weighted by molar-refractivity contribution is -0.142. The number of fused-ring (bicyclic) bond motifs is 1. The van der Waals surface area contributed by atoms with Gasteiger partial charge in [-0.05, 0) is 29.2 Å². The molecule has 1 aliphatic heterocycles. The van der Waals surface area contributed by atoms with Crippen molar-refractivity contribution < 1.29 is 14.7 Å². The van der Waals surface area contributed by atoms with Crippen molar-refractivity contribution in [2.75, 3.05) is 19.3 Å². The zero-order chi connectivity index (χ0) is 14.0. The Balaban J connectivity index is 2.07. The van der Waals surface area contributed by atoms with Crippen LogP contribution < -0.4 is 0 Å². The molecule has 0 spiro atoms. The quantitative estimate of drug-likeness (QED) is 0.926. The third kappa shape index (κ3) is 3.12. The molecular formula is C13H17NO3S2. The highest BCUT2D eigenvalue weighted by molar-refractivity contribution is 8.00. The lowest BCUT2D eigenvalue weighted by atomic mass is 10.1. The van der Waals surface area contributed by atoms with Crippen LogP contribution in [-0.4, -0.2) is 41.2 Å². The van der Waals surface area contributed by atoms with E-state index in [1.165, 1.54) is 4.88 Å². The summed E-state index contributed by atoms with van der Waals surface area (Å²) in [5.41, 5.74) is 1.11. The molecule has 1 aliphatic rings. The van der Waals surface area contributed by atoms with Crippen molar-refractivity contribution in [1.82, 2.24) is 4.90 Å². The Hall–Kier alpha value is -1.01. The monoisotopic (exact) mass is 299 g/mol. The van der Waals surface area contributed by atoms with Crippen molar-refractivity contribution in [3.63, 3.8) is 0 Å². The molecule has 0 fully saturated rings. The smallest absolute Gasteiger partial charge is 0.308 e. The van der Waals surface area contributed by atoms with Gasteiger partial charge in [0, 0.05) is 18.5 Å². The molecule has 1 amide bonds. The van der Waals surface area contributed by atoms with Crippen molar-refractivity contribution in [2.45, 2.75) is 18.6 Å². The summed E-state index contributed by atoms with van der Waals surface area (Å²) in [6.07, 6.45) is 1.02. The van der Waals surface area contributed by atoms with E-state index in [0.717, 1.165) is 17.7 Å². The van der Waals surface area contributed by atoms with Gasteiger partial charge in [-0.1, -0.05) is 6.92 Å². The van der Waals surface area contributed by atoms with Gasteiger partial charge in [0.1, 0.15) is 5.25 Å². The number of carbonyl (C=O) groups is 2. The highest BCUT2D eigenvalue weighted by Crippen LogP contribution is 2.40. The molecular weight excluding hydrogens is 282 g/mol. The van der Waals surface area contributed by atoms with Gasteiger partial charge >= 0.3 is 5.97 Å².